The predicted octanol–water partition coefficient (Wildman–Crippen LogP) is 1.71. The molecule has 84 valence electrons. The van der Waals surface area contributed by atoms with Crippen molar-refractivity contribution in [3.63, 3.8) is 0 Å². The molecule has 0 aromatic carbocycles. The number of aromatic nitrogens is 1. The summed E-state index contributed by atoms with van der Waals surface area (Å²) in [6.45, 7) is 0. The molecule has 2 N–H and O–H groups in total. The first-order valence-corrected chi connectivity index (χ1v) is 4.28. The van der Waals surface area contributed by atoms with Gasteiger partial charge in [-0.25, -0.2) is 4.98 Å². The normalized spacial score (nSPS) is 13.7. The fourth-order valence-corrected chi connectivity index (χ4v) is 1.20. The van der Waals surface area contributed by atoms with Gasteiger partial charge in [0.2, 0.25) is 0 Å². The van der Waals surface area contributed by atoms with Crippen LogP contribution in [0.4, 0.5) is 19.0 Å². The Balaban J connectivity index is 3.14. The quantitative estimate of drug-likeness (QED) is 0.823. The molecule has 1 unspecified atom stereocenters. The fraction of sp³-hybridized carbons (Fsp3) is 0.444. The zero-order chi connectivity index (χ0) is 11.6. The number of anilines is 1. The molecular weight excluding hydrogens is 207 g/mol. The highest BCUT2D eigenvalue weighted by atomic mass is 19.4. The lowest BCUT2D eigenvalue weighted by Crippen LogP contribution is -2.30. The third-order valence-electron chi connectivity index (χ3n) is 1.93. The summed E-state index contributed by atoms with van der Waals surface area (Å²) < 4.78 is 37.2. The standard InChI is InChI=1S/C9H12F3N3/c1-15(2)8-6(4-3-5-14-8)7(13)9(10,11)12/h3-5,7H,13H2,1-2H3. The van der Waals surface area contributed by atoms with Crippen molar-refractivity contribution in [2.75, 3.05) is 19.0 Å². The van der Waals surface area contributed by atoms with E-state index in [4.69, 9.17) is 5.73 Å². The molecule has 1 heterocycles. The van der Waals surface area contributed by atoms with Gasteiger partial charge in [-0.1, -0.05) is 6.07 Å². The average Bonchev–Trinajstić information content (AvgIpc) is 2.15. The molecule has 1 aromatic rings. The maximum Gasteiger partial charge on any atom is 0.407 e. The Morgan fingerprint density at radius 3 is 2.47 bits per heavy atom. The van der Waals surface area contributed by atoms with Gasteiger partial charge >= 0.3 is 6.18 Å². The van der Waals surface area contributed by atoms with Gasteiger partial charge in [0, 0.05) is 25.9 Å². The van der Waals surface area contributed by atoms with Gasteiger partial charge in [-0.2, -0.15) is 13.2 Å². The van der Waals surface area contributed by atoms with Crippen LogP contribution in [0.25, 0.3) is 0 Å². The maximum absolute atomic E-state index is 12.4. The van der Waals surface area contributed by atoms with Crippen LogP contribution in [0.5, 0.6) is 0 Å². The Kier molecular flexibility index (Phi) is 3.18. The first-order valence-electron chi connectivity index (χ1n) is 4.28. The molecule has 0 fully saturated rings. The van der Waals surface area contributed by atoms with Crippen molar-refractivity contribution in [3.05, 3.63) is 23.9 Å². The van der Waals surface area contributed by atoms with Crippen molar-refractivity contribution >= 4 is 5.82 Å². The second kappa shape index (κ2) is 4.06. The van der Waals surface area contributed by atoms with Crippen molar-refractivity contribution in [3.8, 4) is 0 Å². The number of nitrogens with zero attached hydrogens (tertiary/aromatic N) is 2. The molecule has 1 atom stereocenters. The summed E-state index contributed by atoms with van der Waals surface area (Å²) in [5.74, 6) is 0.238. The molecular formula is C9H12F3N3. The van der Waals surface area contributed by atoms with Crippen LogP contribution in [0.1, 0.15) is 11.6 Å². The average molecular weight is 219 g/mol. The molecule has 0 aliphatic carbocycles. The van der Waals surface area contributed by atoms with Gasteiger partial charge in [0.25, 0.3) is 0 Å². The smallest absolute Gasteiger partial charge is 0.362 e. The van der Waals surface area contributed by atoms with Gasteiger partial charge in [0.05, 0.1) is 0 Å². The van der Waals surface area contributed by atoms with Crippen LogP contribution in [-0.4, -0.2) is 25.3 Å². The Labute approximate surface area is 85.7 Å². The third kappa shape index (κ3) is 2.59. The first kappa shape index (κ1) is 11.8. The van der Waals surface area contributed by atoms with E-state index in [0.717, 1.165) is 0 Å². The monoisotopic (exact) mass is 219 g/mol. The van der Waals surface area contributed by atoms with Crippen molar-refractivity contribution < 1.29 is 13.2 Å². The Bertz CT molecular complexity index is 336. The molecule has 15 heavy (non-hydrogen) atoms. The summed E-state index contributed by atoms with van der Waals surface area (Å²) in [7, 11) is 3.24. The summed E-state index contributed by atoms with van der Waals surface area (Å²) in [5, 5.41) is 0. The van der Waals surface area contributed by atoms with E-state index in [2.05, 4.69) is 4.98 Å². The van der Waals surface area contributed by atoms with E-state index in [1.807, 2.05) is 0 Å². The molecule has 0 saturated carbocycles. The Morgan fingerprint density at radius 1 is 1.40 bits per heavy atom. The van der Waals surface area contributed by atoms with Crippen molar-refractivity contribution in [1.29, 1.82) is 0 Å². The molecule has 1 rings (SSSR count). The van der Waals surface area contributed by atoms with E-state index in [0.29, 0.717) is 0 Å². The fourth-order valence-electron chi connectivity index (χ4n) is 1.20. The van der Waals surface area contributed by atoms with Crippen LogP contribution >= 0.6 is 0 Å². The molecule has 6 heteroatoms. The van der Waals surface area contributed by atoms with Gasteiger partial charge in [-0.3, -0.25) is 0 Å². The van der Waals surface area contributed by atoms with E-state index >= 15 is 0 Å². The summed E-state index contributed by atoms with van der Waals surface area (Å²) >= 11 is 0. The molecule has 0 saturated heterocycles. The number of halogens is 3. The molecule has 0 spiro atoms. The summed E-state index contributed by atoms with van der Waals surface area (Å²) in [6, 6.07) is 0.776. The van der Waals surface area contributed by atoms with Gasteiger partial charge in [0.1, 0.15) is 11.9 Å². The Morgan fingerprint density at radius 2 is 2.00 bits per heavy atom. The number of hydrogen-bond acceptors (Lipinski definition) is 3. The van der Waals surface area contributed by atoms with Crippen LogP contribution in [0.15, 0.2) is 18.3 Å². The van der Waals surface area contributed by atoms with Crippen molar-refractivity contribution in [2.45, 2.75) is 12.2 Å². The lowest BCUT2D eigenvalue weighted by Gasteiger charge is -2.21. The first-order chi connectivity index (χ1) is 6.84. The number of nitrogens with two attached hydrogens (primary N) is 1. The van der Waals surface area contributed by atoms with Crippen molar-refractivity contribution in [1.82, 2.24) is 4.98 Å². The molecule has 0 radical (unpaired) electrons. The van der Waals surface area contributed by atoms with Gasteiger partial charge in [-0.15, -0.1) is 0 Å². The molecule has 3 nitrogen and oxygen atoms in total. The highest BCUT2D eigenvalue weighted by Gasteiger charge is 2.39. The van der Waals surface area contributed by atoms with Gasteiger partial charge < -0.3 is 10.6 Å². The summed E-state index contributed by atoms with van der Waals surface area (Å²) in [6.07, 6.45) is -3.02. The molecule has 0 bridgehead atoms. The predicted molar refractivity (Wildman–Crippen MR) is 51.5 cm³/mol. The number of pyridine rings is 1. The van der Waals surface area contributed by atoms with Crippen molar-refractivity contribution in [2.24, 2.45) is 5.73 Å². The minimum Gasteiger partial charge on any atom is -0.362 e. The van der Waals surface area contributed by atoms with E-state index in [9.17, 15) is 13.2 Å². The van der Waals surface area contributed by atoms with Crippen LogP contribution in [0.2, 0.25) is 0 Å². The van der Waals surface area contributed by atoms with Crippen LogP contribution in [0.3, 0.4) is 0 Å². The molecule has 0 amide bonds. The van der Waals surface area contributed by atoms with E-state index in [1.165, 1.54) is 23.2 Å². The second-order valence-electron chi connectivity index (χ2n) is 3.33. The Hall–Kier alpha value is -1.30. The lowest BCUT2D eigenvalue weighted by molar-refractivity contribution is -0.149. The van der Waals surface area contributed by atoms with Crippen LogP contribution in [0, 0.1) is 0 Å². The largest absolute Gasteiger partial charge is 0.407 e. The topological polar surface area (TPSA) is 42.2 Å². The number of rotatable bonds is 2. The minimum absolute atomic E-state index is 0.0185. The summed E-state index contributed by atoms with van der Waals surface area (Å²) in [4.78, 5) is 5.36. The molecule has 0 aliphatic heterocycles. The van der Waals surface area contributed by atoms with Crippen LogP contribution in [-0.2, 0) is 0 Å². The molecule has 1 aromatic heterocycles. The highest BCUT2D eigenvalue weighted by molar-refractivity contribution is 5.47. The second-order valence-corrected chi connectivity index (χ2v) is 3.33. The highest BCUT2D eigenvalue weighted by Crippen LogP contribution is 2.33. The van der Waals surface area contributed by atoms with Gasteiger partial charge in [0.15, 0.2) is 0 Å². The SMILES string of the molecule is CN(C)c1ncccc1C(N)C(F)(F)F. The zero-order valence-corrected chi connectivity index (χ0v) is 8.42. The number of hydrogen-bond donors (Lipinski definition) is 1. The lowest BCUT2D eigenvalue weighted by atomic mass is 10.1. The zero-order valence-electron chi connectivity index (χ0n) is 8.42. The maximum atomic E-state index is 12.4. The van der Waals surface area contributed by atoms with E-state index in [1.54, 1.807) is 14.1 Å². The van der Waals surface area contributed by atoms with Gasteiger partial charge in [-0.05, 0) is 6.07 Å². The number of alkyl halides is 3. The van der Waals surface area contributed by atoms with Crippen LogP contribution < -0.4 is 10.6 Å². The van der Waals surface area contributed by atoms with E-state index in [-0.39, 0.29) is 11.4 Å². The van der Waals surface area contributed by atoms with E-state index < -0.39 is 12.2 Å². The third-order valence-corrected chi connectivity index (χ3v) is 1.93. The molecule has 0 aliphatic rings. The summed E-state index contributed by atoms with van der Waals surface area (Å²) in [5.41, 5.74) is 5.10. The minimum atomic E-state index is -4.45.